The lowest BCUT2D eigenvalue weighted by Gasteiger charge is -2.58. The summed E-state index contributed by atoms with van der Waals surface area (Å²) in [7, 11) is 1.66. The van der Waals surface area contributed by atoms with Crippen molar-refractivity contribution in [3.8, 4) is 86.2 Å². The van der Waals surface area contributed by atoms with Gasteiger partial charge in [0.1, 0.15) is 197 Å². The number of aliphatic hydroxyl groups is 1. The van der Waals surface area contributed by atoms with Crippen molar-refractivity contribution in [2.24, 2.45) is 11.8 Å². The zero-order valence-electron chi connectivity index (χ0n) is 80.5. The number of fused-ring (bicyclic) bond motifs is 4. The number of hydrogen-bond donors (Lipinski definition) is 1. The van der Waals surface area contributed by atoms with E-state index in [-0.39, 0.29) is 68.6 Å². The molecule has 728 valence electrons. The van der Waals surface area contributed by atoms with Crippen LogP contribution < -0.4 is 88.0 Å². The fourth-order valence-corrected chi connectivity index (χ4v) is 18.6. The molecule has 17 aromatic rings. The summed E-state index contributed by atoms with van der Waals surface area (Å²) >= 11 is 0. The van der Waals surface area contributed by atoms with Gasteiger partial charge in [0.2, 0.25) is 0 Å². The highest BCUT2D eigenvalue weighted by atomic mass is 79.9. The van der Waals surface area contributed by atoms with Gasteiger partial charge in [0.25, 0.3) is 0 Å². The first-order chi connectivity index (χ1) is 70.4. The minimum Gasteiger partial charge on any atom is -1.00 e. The summed E-state index contributed by atoms with van der Waals surface area (Å²) < 4.78 is 101. The molecule has 0 aliphatic carbocycles. The summed E-state index contributed by atoms with van der Waals surface area (Å²) in [5.74, 6) is 9.38. The third kappa shape index (κ3) is 27.6. The van der Waals surface area contributed by atoms with E-state index >= 15 is 0 Å². The number of aliphatic hydroxyl groups excluding tert-OH is 1. The van der Waals surface area contributed by atoms with E-state index in [9.17, 15) is 5.11 Å². The quantitative estimate of drug-likeness (QED) is 0.0282. The summed E-state index contributed by atoms with van der Waals surface area (Å²) in [6.45, 7) is 9.97. The third-order valence-electron chi connectivity index (χ3n) is 25.8. The number of methoxy groups -OCH3 is 1. The van der Waals surface area contributed by atoms with Crippen LogP contribution in [0.15, 0.2) is 413 Å². The van der Waals surface area contributed by atoms with Crippen molar-refractivity contribution in [1.29, 1.82) is 0 Å². The minimum atomic E-state index is -0.870. The smallest absolute Gasteiger partial charge is 0.131 e. The lowest BCUT2D eigenvalue weighted by atomic mass is 9.71. The molecule has 144 heavy (non-hydrogen) atoms. The maximum absolute atomic E-state index is 13.3. The Morgan fingerprint density at radius 3 is 0.743 bits per heavy atom. The van der Waals surface area contributed by atoms with Crippen molar-refractivity contribution < 1.29 is 97.6 Å². The SMILES string of the molecule is C=C[C@H]1C[N@@+]2(Cc3cc(OCc4cc(OCc5cc(OCc6ccccc6)cc(OCc6ccccc6)c5)cc(OCc5cc(OCc6ccccc6)cc(OCc6ccccc6)c5)c4)cc(OCc4cc(OCc5cc(OCc6ccccc6)cc(OCc6ccccc6)c5)cc(OCc5cc(OCc6ccccc6)cc(OCc6ccccc6)c5)c4)c3)CC[C@@H]1C[C@H]2[C@H](O)c1ccnc2ccc(OC)cc12.[Br-]. The first-order valence-corrected chi connectivity index (χ1v) is 48.6. The van der Waals surface area contributed by atoms with Crippen LogP contribution in [0.5, 0.6) is 86.2 Å². The van der Waals surface area contributed by atoms with Gasteiger partial charge in [-0.05, 0) is 199 Å². The van der Waals surface area contributed by atoms with E-state index < -0.39 is 6.10 Å². The molecule has 18 nitrogen and oxygen atoms in total. The molecule has 4 heterocycles. The van der Waals surface area contributed by atoms with Crippen LogP contribution in [-0.2, 0) is 99.0 Å². The molecule has 1 aromatic heterocycles. The fraction of sp³-hybridized carbons (Fsp3) is 0.192. The summed E-state index contributed by atoms with van der Waals surface area (Å²) in [4.78, 5) is 4.77. The predicted molar refractivity (Wildman–Crippen MR) is 554 cm³/mol. The average molecular weight is 1980 g/mol. The first kappa shape index (κ1) is 98.3. The Kier molecular flexibility index (Phi) is 33.4. The highest BCUT2D eigenvalue weighted by Gasteiger charge is 2.54. The number of quaternary nitrogens is 1. The van der Waals surface area contributed by atoms with Crippen molar-refractivity contribution in [2.75, 3.05) is 20.2 Å². The molecule has 3 saturated heterocycles. The van der Waals surface area contributed by atoms with Crippen molar-refractivity contribution in [1.82, 2.24) is 4.98 Å². The number of hydrogen-bond acceptors (Lipinski definition) is 17. The van der Waals surface area contributed by atoms with Gasteiger partial charge in [-0.25, -0.2) is 0 Å². The number of rotatable bonds is 48. The molecule has 19 heteroatoms. The molecule has 0 radical (unpaired) electrons. The van der Waals surface area contributed by atoms with Crippen LogP contribution in [0, 0.1) is 11.8 Å². The van der Waals surface area contributed by atoms with Gasteiger partial charge in [-0.2, -0.15) is 0 Å². The van der Waals surface area contributed by atoms with Gasteiger partial charge >= 0.3 is 0 Å². The number of ether oxygens (including phenoxy) is 15. The highest BCUT2D eigenvalue weighted by molar-refractivity contribution is 5.84. The second kappa shape index (κ2) is 49.0. The Hall–Kier alpha value is -15.9. The number of benzene rings is 16. The van der Waals surface area contributed by atoms with Gasteiger partial charge in [-0.15, -0.1) is 6.58 Å². The molecule has 0 unspecified atom stereocenters. The van der Waals surface area contributed by atoms with Crippen molar-refractivity contribution in [3.63, 3.8) is 0 Å². The van der Waals surface area contributed by atoms with E-state index in [1.54, 1.807) is 13.3 Å². The van der Waals surface area contributed by atoms with Gasteiger partial charge in [-0.3, -0.25) is 4.98 Å². The predicted octanol–water partition coefficient (Wildman–Crippen LogP) is 24.0. The van der Waals surface area contributed by atoms with Crippen LogP contribution >= 0.6 is 0 Å². The Morgan fingerprint density at radius 1 is 0.285 bits per heavy atom. The zero-order chi connectivity index (χ0) is 97.0. The maximum Gasteiger partial charge on any atom is 0.131 e. The van der Waals surface area contributed by atoms with Crippen LogP contribution in [-0.4, -0.2) is 40.8 Å². The van der Waals surface area contributed by atoms with Crippen LogP contribution in [0.25, 0.3) is 10.9 Å². The van der Waals surface area contributed by atoms with E-state index in [1.165, 1.54) is 0 Å². The number of pyridine rings is 1. The molecule has 16 aromatic carbocycles. The van der Waals surface area contributed by atoms with Gasteiger partial charge in [0.15, 0.2) is 0 Å². The first-order valence-electron chi connectivity index (χ1n) is 48.6. The molecule has 3 aliphatic heterocycles. The molecule has 3 aliphatic rings. The second-order valence-corrected chi connectivity index (χ2v) is 36.4. The van der Waals surface area contributed by atoms with Gasteiger partial charge < -0.3 is 97.6 Å². The van der Waals surface area contributed by atoms with Crippen LogP contribution in [0.1, 0.15) is 108 Å². The van der Waals surface area contributed by atoms with Gasteiger partial charge in [0.05, 0.1) is 25.7 Å². The maximum atomic E-state index is 13.3. The lowest BCUT2D eigenvalue weighted by molar-refractivity contribution is -0.984. The molecular weight excluding hydrogens is 1870 g/mol. The van der Waals surface area contributed by atoms with Gasteiger partial charge in [0, 0.05) is 78.4 Å². The number of piperidine rings is 3. The largest absolute Gasteiger partial charge is 1.00 e. The van der Waals surface area contributed by atoms with E-state index in [0.717, 1.165) is 126 Å². The molecule has 0 saturated carbocycles. The molecule has 5 atom stereocenters. The highest BCUT2D eigenvalue weighted by Crippen LogP contribution is 2.49. The van der Waals surface area contributed by atoms with Gasteiger partial charge in [-0.1, -0.05) is 249 Å². The normalized spacial score (nSPS) is 14.7. The molecule has 0 amide bonds. The number of aromatic nitrogens is 1. The monoisotopic (exact) mass is 1980 g/mol. The van der Waals surface area contributed by atoms with E-state index in [1.807, 2.05) is 382 Å². The van der Waals surface area contributed by atoms with Crippen LogP contribution in [0.2, 0.25) is 0 Å². The minimum absolute atomic E-state index is 0. The Labute approximate surface area is 852 Å². The van der Waals surface area contributed by atoms with Crippen molar-refractivity contribution >= 4 is 10.9 Å². The third-order valence-corrected chi connectivity index (χ3v) is 25.8. The van der Waals surface area contributed by atoms with Crippen molar-refractivity contribution in [3.05, 3.63) is 502 Å². The fourth-order valence-electron chi connectivity index (χ4n) is 18.6. The van der Waals surface area contributed by atoms with Crippen molar-refractivity contribution in [2.45, 2.75) is 124 Å². The molecular formula is C125H115BrN2O16. The second-order valence-electron chi connectivity index (χ2n) is 36.4. The van der Waals surface area contributed by atoms with E-state index in [0.29, 0.717) is 156 Å². The summed E-state index contributed by atoms with van der Waals surface area (Å²) in [6, 6.07) is 130. The van der Waals surface area contributed by atoms with E-state index in [2.05, 4.69) is 24.8 Å². The Bertz CT molecular complexity index is 6120. The average Bonchev–Trinajstić information content (AvgIpc) is 0.730. The standard InChI is InChI=1S/C125H115N2O16.BrH/c1-3-104-74-127(49-47-105(104)64-124(127)125(128)121-46-48-126-123-45-44-106(129-2)72-122(121)123)73-97-50-107(138-83-102-60-117(140-85-98-52-109(130-75-89-28-12-4-13-29-89)66-110(53-98)131-76-90-30-14-5-15-31-90)70-118(61-102)141-86-99-54-111(132-77-91-32-16-6-17-33-91)67-112(55-99)133-78-92-34-18-7-19-35-92)65-108(51-97)139-84-103-62-119(142-87-100-56-113(134-79-93-36-20-8-21-37-93)68-114(57-100)135-80-94-38-22-9-23-39-94)71-120(63-103)143-88-101-58-115(136-81-95-40-24-10-25-41-95)69-116(59-101)137-82-96-42-26-11-27-43-96;/h3-46,48,50-63,65-72,104-105,124-125,128H,1,47,49,64,73-88H2,2H3;1H/q+1;/p-1/t104-,105+,124-,125+,127-;/m0./s1. The Balaban J connectivity index is 0.0000136. The summed E-state index contributed by atoms with van der Waals surface area (Å²) in [5.41, 5.74) is 15.5. The topological polar surface area (TPSA) is 172 Å². The van der Waals surface area contributed by atoms with Crippen LogP contribution in [0.4, 0.5) is 0 Å². The molecule has 0 spiro atoms. The molecule has 20 rings (SSSR count). The molecule has 3 fully saturated rings. The molecule has 1 N–H and O–H groups in total. The number of nitrogens with zero attached hydrogens (tertiary/aromatic N) is 2. The Morgan fingerprint density at radius 2 is 0.514 bits per heavy atom. The zero-order valence-corrected chi connectivity index (χ0v) is 82.1. The van der Waals surface area contributed by atoms with Crippen LogP contribution in [0.3, 0.4) is 0 Å². The van der Waals surface area contributed by atoms with E-state index in [4.69, 9.17) is 76.0 Å². The summed E-state index contributed by atoms with van der Waals surface area (Å²) in [6.07, 6.45) is 4.78. The lowest BCUT2D eigenvalue weighted by Crippen LogP contribution is -3.00. The molecule has 2 bridgehead atoms. The summed E-state index contributed by atoms with van der Waals surface area (Å²) in [5, 5.41) is 14.1. The number of halogens is 1.